The Morgan fingerprint density at radius 2 is 1.74 bits per heavy atom. The van der Waals surface area contributed by atoms with Gasteiger partial charge in [-0.3, -0.25) is 4.99 Å². The summed E-state index contributed by atoms with van der Waals surface area (Å²) in [6, 6.07) is 23.7. The van der Waals surface area contributed by atoms with Crippen LogP contribution in [0.25, 0.3) is 0 Å². The second kappa shape index (κ2) is 12.3. The van der Waals surface area contributed by atoms with Gasteiger partial charge in [-0.2, -0.15) is 0 Å². The molecule has 0 aliphatic rings. The summed E-state index contributed by atoms with van der Waals surface area (Å²) in [5.41, 5.74) is 7.29. The summed E-state index contributed by atoms with van der Waals surface area (Å²) in [5.74, 6) is 0.929. The van der Waals surface area contributed by atoms with E-state index in [1.54, 1.807) is 7.11 Å². The monoisotopic (exact) mass is 475 g/mol. The molecule has 0 bridgehead atoms. The lowest BCUT2D eigenvalue weighted by Crippen LogP contribution is -2.27. The molecule has 3 aromatic carbocycles. The van der Waals surface area contributed by atoms with Crippen molar-refractivity contribution < 1.29 is 9.47 Å². The van der Waals surface area contributed by atoms with Gasteiger partial charge >= 0.3 is 0 Å². The van der Waals surface area contributed by atoms with Gasteiger partial charge in [-0.1, -0.05) is 95.1 Å². The van der Waals surface area contributed by atoms with Crippen molar-refractivity contribution in [1.82, 2.24) is 0 Å². The highest BCUT2D eigenvalue weighted by atomic mass is 31.1. The number of benzene rings is 3. The van der Waals surface area contributed by atoms with E-state index < -0.39 is 0 Å². The molecule has 2 atom stereocenters. The van der Waals surface area contributed by atoms with Gasteiger partial charge in [0, 0.05) is 36.0 Å². The van der Waals surface area contributed by atoms with Gasteiger partial charge in [0.2, 0.25) is 0 Å². The molecule has 0 saturated heterocycles. The van der Waals surface area contributed by atoms with Gasteiger partial charge in [0.1, 0.15) is 5.75 Å². The number of aryl methyl sites for hydroxylation is 2. The summed E-state index contributed by atoms with van der Waals surface area (Å²) in [6.45, 7) is 9.24. The van der Waals surface area contributed by atoms with Gasteiger partial charge in [0.25, 0.3) is 0 Å². The van der Waals surface area contributed by atoms with Gasteiger partial charge in [-0.15, -0.1) is 0 Å². The van der Waals surface area contributed by atoms with Crippen LogP contribution >= 0.6 is 8.58 Å². The van der Waals surface area contributed by atoms with Gasteiger partial charge in [-0.25, -0.2) is 0 Å². The Balaban J connectivity index is 2.18. The Labute approximate surface area is 207 Å². The van der Waals surface area contributed by atoms with Crippen LogP contribution in [0, 0.1) is 13.8 Å². The Hall–Kier alpha value is -2.48. The fourth-order valence-corrected chi connectivity index (χ4v) is 6.66. The molecule has 0 aliphatic carbocycles. The molecule has 0 heterocycles. The molecule has 0 radical (unpaired) electrons. The van der Waals surface area contributed by atoms with Crippen LogP contribution in [-0.2, 0) is 9.89 Å². The number of hydrogen-bond donors (Lipinski definition) is 0. The number of ether oxygens (including phenoxy) is 2. The summed E-state index contributed by atoms with van der Waals surface area (Å²) < 4.78 is 11.3. The Morgan fingerprint density at radius 1 is 0.971 bits per heavy atom. The van der Waals surface area contributed by atoms with E-state index in [4.69, 9.17) is 14.5 Å². The van der Waals surface area contributed by atoms with Crippen molar-refractivity contribution in [3.63, 3.8) is 0 Å². The third-order valence-corrected chi connectivity index (χ3v) is 8.69. The molecule has 3 aromatic rings. The summed E-state index contributed by atoms with van der Waals surface area (Å²) >= 11 is 0. The summed E-state index contributed by atoms with van der Waals surface area (Å²) in [4.78, 5) is 4.76. The standard InChI is InChI=1S/C30H38NO2P/c1-7-19-30(8-2,26-20-22(3)17-18-27(26)33-21-32-6)34-29-23(4)13-12-16-25(29)28(31-5)24-14-10-9-11-15-24/h9-18,20,34H,7-8,19,21H2,1-6H3. The lowest BCUT2D eigenvalue weighted by atomic mass is 9.89. The molecule has 180 valence electrons. The van der Waals surface area contributed by atoms with Gasteiger partial charge in [0.15, 0.2) is 6.79 Å². The van der Waals surface area contributed by atoms with Gasteiger partial charge < -0.3 is 9.47 Å². The molecule has 3 rings (SSSR count). The number of rotatable bonds is 11. The minimum absolute atomic E-state index is 0.0275. The van der Waals surface area contributed by atoms with Crippen LogP contribution in [0.4, 0.5) is 0 Å². The average Bonchev–Trinajstić information content (AvgIpc) is 2.86. The first-order chi connectivity index (χ1) is 16.5. The van der Waals surface area contributed by atoms with E-state index >= 15 is 0 Å². The average molecular weight is 476 g/mol. The second-order valence-electron chi connectivity index (χ2n) is 8.80. The molecule has 0 aromatic heterocycles. The van der Waals surface area contributed by atoms with E-state index in [2.05, 4.69) is 94.4 Å². The maximum atomic E-state index is 6.09. The first kappa shape index (κ1) is 26.1. The van der Waals surface area contributed by atoms with Crippen molar-refractivity contribution in [1.29, 1.82) is 0 Å². The SMILES string of the molecule is CCCC(CC)(Pc1c(C)cccc1C(=NC)c1ccccc1)c1cc(C)ccc1OCOC. The van der Waals surface area contributed by atoms with Crippen LogP contribution in [0.15, 0.2) is 71.7 Å². The summed E-state index contributed by atoms with van der Waals surface area (Å²) in [6.07, 6.45) is 3.23. The van der Waals surface area contributed by atoms with Crippen LogP contribution in [-0.4, -0.2) is 26.7 Å². The highest BCUT2D eigenvalue weighted by molar-refractivity contribution is 7.49. The predicted molar refractivity (Wildman–Crippen MR) is 148 cm³/mol. The van der Waals surface area contributed by atoms with Gasteiger partial charge in [-0.05, 0) is 43.6 Å². The highest BCUT2D eigenvalue weighted by Crippen LogP contribution is 2.51. The molecule has 0 aliphatic heterocycles. The van der Waals surface area contributed by atoms with Crippen molar-refractivity contribution in [2.24, 2.45) is 4.99 Å². The smallest absolute Gasteiger partial charge is 0.188 e. The maximum absolute atomic E-state index is 6.09. The van der Waals surface area contributed by atoms with E-state index in [1.807, 2.05) is 7.05 Å². The quantitative estimate of drug-likeness (QED) is 0.167. The van der Waals surface area contributed by atoms with Crippen molar-refractivity contribution in [3.05, 3.63) is 94.5 Å². The van der Waals surface area contributed by atoms with E-state index in [9.17, 15) is 0 Å². The zero-order valence-electron chi connectivity index (χ0n) is 21.4. The minimum atomic E-state index is -0.0275. The Morgan fingerprint density at radius 3 is 2.38 bits per heavy atom. The first-order valence-electron chi connectivity index (χ1n) is 12.1. The Bertz CT molecular complexity index is 1110. The zero-order valence-corrected chi connectivity index (χ0v) is 22.4. The fourth-order valence-electron chi connectivity index (χ4n) is 4.68. The lowest BCUT2D eigenvalue weighted by Gasteiger charge is -2.36. The van der Waals surface area contributed by atoms with E-state index in [0.717, 1.165) is 36.3 Å². The second-order valence-corrected chi connectivity index (χ2v) is 10.5. The summed E-state index contributed by atoms with van der Waals surface area (Å²) in [7, 11) is 4.15. The molecule has 34 heavy (non-hydrogen) atoms. The Kier molecular flexibility index (Phi) is 9.45. The van der Waals surface area contributed by atoms with Crippen LogP contribution in [0.2, 0.25) is 0 Å². The largest absolute Gasteiger partial charge is 0.467 e. The third kappa shape index (κ3) is 5.77. The lowest BCUT2D eigenvalue weighted by molar-refractivity contribution is 0.0499. The number of nitrogens with zero attached hydrogens (tertiary/aromatic N) is 1. The molecule has 0 spiro atoms. The number of hydrogen-bond acceptors (Lipinski definition) is 3. The van der Waals surface area contributed by atoms with E-state index in [0.29, 0.717) is 8.58 Å². The molecular weight excluding hydrogens is 437 g/mol. The van der Waals surface area contributed by atoms with Crippen molar-refractivity contribution in [2.75, 3.05) is 21.0 Å². The minimum Gasteiger partial charge on any atom is -0.467 e. The molecule has 2 unspecified atom stereocenters. The van der Waals surface area contributed by atoms with Gasteiger partial charge in [0.05, 0.1) is 5.71 Å². The molecule has 0 fully saturated rings. The molecular formula is C30H38NO2P. The van der Waals surface area contributed by atoms with E-state index in [1.165, 1.54) is 27.6 Å². The normalized spacial score (nSPS) is 13.9. The summed E-state index contributed by atoms with van der Waals surface area (Å²) in [5, 5.41) is 1.36. The van der Waals surface area contributed by atoms with Crippen LogP contribution in [0.5, 0.6) is 5.75 Å². The zero-order chi connectivity index (χ0) is 24.6. The predicted octanol–water partition coefficient (Wildman–Crippen LogP) is 7.16. The molecule has 3 nitrogen and oxygen atoms in total. The maximum Gasteiger partial charge on any atom is 0.188 e. The third-order valence-electron chi connectivity index (χ3n) is 6.43. The molecule has 0 saturated carbocycles. The highest BCUT2D eigenvalue weighted by Gasteiger charge is 2.34. The molecule has 0 amide bonds. The molecule has 4 heteroatoms. The fraction of sp³-hybridized carbons (Fsp3) is 0.367. The number of aliphatic imine (C=N–C) groups is 1. The van der Waals surface area contributed by atoms with Crippen molar-refractivity contribution >= 4 is 19.6 Å². The van der Waals surface area contributed by atoms with Crippen molar-refractivity contribution in [2.45, 2.75) is 52.1 Å². The van der Waals surface area contributed by atoms with E-state index in [-0.39, 0.29) is 11.9 Å². The first-order valence-corrected chi connectivity index (χ1v) is 13.1. The van der Waals surface area contributed by atoms with Crippen molar-refractivity contribution in [3.8, 4) is 5.75 Å². The number of methoxy groups -OCH3 is 1. The topological polar surface area (TPSA) is 30.8 Å². The molecule has 0 N–H and O–H groups in total. The van der Waals surface area contributed by atoms with Crippen LogP contribution in [0.1, 0.15) is 60.9 Å². The van der Waals surface area contributed by atoms with Crippen LogP contribution in [0.3, 0.4) is 0 Å². The van der Waals surface area contributed by atoms with Crippen LogP contribution < -0.4 is 10.0 Å².